The summed E-state index contributed by atoms with van der Waals surface area (Å²) in [7, 11) is 1.74. The van der Waals surface area contributed by atoms with Crippen molar-refractivity contribution in [3.63, 3.8) is 0 Å². The number of carbonyl (C=O) groups is 1. The minimum atomic E-state index is -4.78. The van der Waals surface area contributed by atoms with Crippen LogP contribution in [-0.4, -0.2) is 26.9 Å². The van der Waals surface area contributed by atoms with Gasteiger partial charge >= 0.3 is 6.18 Å². The minimum Gasteiger partial charge on any atom is -0.352 e. The molecule has 3 rings (SSSR count). The second kappa shape index (κ2) is 7.92. The maximum Gasteiger partial charge on any atom is 0.434 e. The fourth-order valence-corrected chi connectivity index (χ4v) is 2.68. The number of amides is 1. The van der Waals surface area contributed by atoms with E-state index in [2.05, 4.69) is 20.7 Å². The summed E-state index contributed by atoms with van der Waals surface area (Å²) >= 11 is 5.53. The van der Waals surface area contributed by atoms with Crippen LogP contribution in [0.2, 0.25) is 5.02 Å². The molecule has 11 heteroatoms. The molecule has 0 bridgehead atoms. The van der Waals surface area contributed by atoms with Gasteiger partial charge in [0, 0.05) is 36.4 Å². The highest BCUT2D eigenvalue weighted by molar-refractivity contribution is 6.31. The van der Waals surface area contributed by atoms with Crippen LogP contribution >= 0.6 is 11.6 Å². The van der Waals surface area contributed by atoms with Crippen molar-refractivity contribution in [2.75, 3.05) is 10.6 Å². The number of halogens is 4. The van der Waals surface area contributed by atoms with Crippen LogP contribution in [0, 0.1) is 5.41 Å². The molecule has 0 aliphatic heterocycles. The first-order valence-electron chi connectivity index (χ1n) is 8.12. The molecule has 29 heavy (non-hydrogen) atoms. The Morgan fingerprint density at radius 2 is 2.00 bits per heavy atom. The first kappa shape index (κ1) is 20.3. The Bertz CT molecular complexity index is 1080. The molecule has 150 valence electrons. The number of alkyl halides is 3. The standard InChI is InChI=1S/C18H14ClF3N6O/c1-28-9-12(8-24-28)25-15-6-11(3-2-10(15)7-23)26-17(29)14-5-4-13(19)16(27-14)18(20,21)22/h2-9,23,25H,1H3,(H,26,29). The summed E-state index contributed by atoms with van der Waals surface area (Å²) in [6.45, 7) is 0. The molecular weight excluding hydrogens is 409 g/mol. The fraction of sp³-hybridized carbons (Fsp3) is 0.111. The minimum absolute atomic E-state index is 0.303. The highest BCUT2D eigenvalue weighted by atomic mass is 35.5. The van der Waals surface area contributed by atoms with Crippen LogP contribution < -0.4 is 10.6 Å². The number of rotatable bonds is 5. The SMILES string of the molecule is Cn1cc(Nc2cc(NC(=O)c3ccc(Cl)c(C(F)(F)F)n3)ccc2C=N)cn1. The van der Waals surface area contributed by atoms with E-state index in [1.807, 2.05) is 0 Å². The molecule has 0 atom stereocenters. The van der Waals surface area contributed by atoms with Gasteiger partial charge in [-0.05, 0) is 30.3 Å². The number of anilines is 3. The van der Waals surface area contributed by atoms with Crippen molar-refractivity contribution in [3.8, 4) is 0 Å². The topological polar surface area (TPSA) is 95.7 Å². The van der Waals surface area contributed by atoms with Crippen molar-refractivity contribution >= 4 is 40.8 Å². The number of aromatic nitrogens is 3. The van der Waals surface area contributed by atoms with Gasteiger partial charge in [-0.15, -0.1) is 0 Å². The lowest BCUT2D eigenvalue weighted by Gasteiger charge is -2.12. The summed E-state index contributed by atoms with van der Waals surface area (Å²) in [5.74, 6) is -0.831. The van der Waals surface area contributed by atoms with Crippen LogP contribution in [-0.2, 0) is 13.2 Å². The van der Waals surface area contributed by atoms with E-state index in [4.69, 9.17) is 17.0 Å². The lowest BCUT2D eigenvalue weighted by atomic mass is 10.1. The monoisotopic (exact) mass is 422 g/mol. The lowest BCUT2D eigenvalue weighted by Crippen LogP contribution is -2.17. The zero-order chi connectivity index (χ0) is 21.2. The zero-order valence-electron chi connectivity index (χ0n) is 14.9. The molecule has 1 aromatic carbocycles. The van der Waals surface area contributed by atoms with Gasteiger partial charge < -0.3 is 16.0 Å². The highest BCUT2D eigenvalue weighted by Gasteiger charge is 2.36. The van der Waals surface area contributed by atoms with E-state index < -0.39 is 28.5 Å². The van der Waals surface area contributed by atoms with Gasteiger partial charge in [0.1, 0.15) is 5.69 Å². The van der Waals surface area contributed by atoms with E-state index in [0.717, 1.165) is 18.3 Å². The van der Waals surface area contributed by atoms with Crippen molar-refractivity contribution in [2.45, 2.75) is 6.18 Å². The smallest absolute Gasteiger partial charge is 0.352 e. The van der Waals surface area contributed by atoms with Crippen LogP contribution in [0.15, 0.2) is 42.7 Å². The third kappa shape index (κ3) is 4.72. The van der Waals surface area contributed by atoms with Crippen LogP contribution in [0.1, 0.15) is 21.7 Å². The molecule has 7 nitrogen and oxygen atoms in total. The van der Waals surface area contributed by atoms with Crippen LogP contribution in [0.3, 0.4) is 0 Å². The zero-order valence-corrected chi connectivity index (χ0v) is 15.6. The van der Waals surface area contributed by atoms with Gasteiger partial charge in [0.2, 0.25) is 0 Å². The Balaban J connectivity index is 1.85. The van der Waals surface area contributed by atoms with E-state index in [0.29, 0.717) is 22.6 Å². The maximum atomic E-state index is 12.9. The summed E-state index contributed by atoms with van der Waals surface area (Å²) in [6, 6.07) is 6.73. The first-order valence-corrected chi connectivity index (χ1v) is 8.50. The molecule has 0 aliphatic carbocycles. The molecule has 3 aromatic rings. The molecule has 0 saturated carbocycles. The predicted octanol–water partition coefficient (Wildman–Crippen LogP) is 4.48. The van der Waals surface area contributed by atoms with Crippen LogP contribution in [0.25, 0.3) is 0 Å². The number of carbonyl (C=O) groups excluding carboxylic acids is 1. The number of hydrogen-bond acceptors (Lipinski definition) is 5. The molecule has 2 aromatic heterocycles. The van der Waals surface area contributed by atoms with Gasteiger partial charge in [-0.3, -0.25) is 9.48 Å². The summed E-state index contributed by atoms with van der Waals surface area (Å²) in [5.41, 5.74) is 0.247. The third-order valence-corrected chi connectivity index (χ3v) is 4.10. The summed E-state index contributed by atoms with van der Waals surface area (Å²) in [4.78, 5) is 15.7. The van der Waals surface area contributed by atoms with E-state index in [-0.39, 0.29) is 0 Å². The van der Waals surface area contributed by atoms with Crippen molar-refractivity contribution in [1.29, 1.82) is 5.41 Å². The van der Waals surface area contributed by atoms with Crippen molar-refractivity contribution < 1.29 is 18.0 Å². The number of pyridine rings is 1. The predicted molar refractivity (Wildman–Crippen MR) is 103 cm³/mol. The number of benzene rings is 1. The van der Waals surface area contributed by atoms with Crippen LogP contribution in [0.4, 0.5) is 30.2 Å². The average Bonchev–Trinajstić information content (AvgIpc) is 3.06. The van der Waals surface area contributed by atoms with Gasteiger partial charge in [-0.2, -0.15) is 18.3 Å². The third-order valence-electron chi connectivity index (χ3n) is 3.80. The normalized spacial score (nSPS) is 11.2. The summed E-state index contributed by atoms with van der Waals surface area (Å²) in [5, 5.41) is 16.5. The maximum absolute atomic E-state index is 12.9. The Hall–Kier alpha value is -3.40. The van der Waals surface area contributed by atoms with E-state index in [1.165, 1.54) is 6.07 Å². The number of nitrogens with zero attached hydrogens (tertiary/aromatic N) is 3. The summed E-state index contributed by atoms with van der Waals surface area (Å²) in [6.07, 6.45) is -0.356. The van der Waals surface area contributed by atoms with E-state index in [9.17, 15) is 18.0 Å². The molecule has 0 spiro atoms. The second-order valence-corrected chi connectivity index (χ2v) is 6.36. The molecule has 3 N–H and O–H groups in total. The quantitative estimate of drug-likeness (QED) is 0.528. The van der Waals surface area contributed by atoms with Crippen LogP contribution in [0.5, 0.6) is 0 Å². The molecule has 0 fully saturated rings. The molecule has 0 unspecified atom stereocenters. The summed E-state index contributed by atoms with van der Waals surface area (Å²) < 4.78 is 40.4. The number of hydrogen-bond donors (Lipinski definition) is 3. The largest absolute Gasteiger partial charge is 0.434 e. The first-order chi connectivity index (χ1) is 13.7. The van der Waals surface area contributed by atoms with Gasteiger partial charge in [0.05, 0.1) is 16.9 Å². The second-order valence-electron chi connectivity index (χ2n) is 5.95. The number of aryl methyl sites for hydroxylation is 1. The molecular formula is C18H14ClF3N6O. The van der Waals surface area contributed by atoms with Gasteiger partial charge in [0.25, 0.3) is 5.91 Å². The number of nitrogens with one attached hydrogen (secondary N) is 3. The van der Waals surface area contributed by atoms with Crippen molar-refractivity contribution in [2.24, 2.45) is 7.05 Å². The Kier molecular flexibility index (Phi) is 5.55. The van der Waals surface area contributed by atoms with Gasteiger partial charge in [0.15, 0.2) is 5.69 Å². The highest BCUT2D eigenvalue weighted by Crippen LogP contribution is 2.33. The van der Waals surface area contributed by atoms with E-state index in [1.54, 1.807) is 36.3 Å². The molecule has 0 saturated heterocycles. The average molecular weight is 423 g/mol. The Labute approximate surface area is 168 Å². The van der Waals surface area contributed by atoms with Gasteiger partial charge in [-0.25, -0.2) is 4.98 Å². The van der Waals surface area contributed by atoms with Crippen molar-refractivity contribution in [1.82, 2.24) is 14.8 Å². The Morgan fingerprint density at radius 3 is 2.62 bits per heavy atom. The Morgan fingerprint density at radius 1 is 1.24 bits per heavy atom. The molecule has 0 aliphatic rings. The fourth-order valence-electron chi connectivity index (χ4n) is 2.47. The molecule has 0 radical (unpaired) electrons. The molecule has 1 amide bonds. The van der Waals surface area contributed by atoms with Gasteiger partial charge in [-0.1, -0.05) is 11.6 Å². The van der Waals surface area contributed by atoms with Crippen molar-refractivity contribution in [3.05, 3.63) is 64.7 Å². The lowest BCUT2D eigenvalue weighted by molar-refractivity contribution is -0.141. The molecule has 2 heterocycles. The van der Waals surface area contributed by atoms with E-state index >= 15 is 0 Å².